The van der Waals surface area contributed by atoms with E-state index in [1.165, 1.54) is 7.11 Å². The Morgan fingerprint density at radius 1 is 1.03 bits per heavy atom. The Labute approximate surface area is 193 Å². The van der Waals surface area contributed by atoms with Crippen LogP contribution in [0.1, 0.15) is 28.8 Å². The van der Waals surface area contributed by atoms with E-state index < -0.39 is 17.8 Å². The zero-order valence-electron chi connectivity index (χ0n) is 16.8. The first-order valence-corrected chi connectivity index (χ1v) is 10.5. The fraction of sp³-hybridized carbons (Fsp3) is 0.238. The summed E-state index contributed by atoms with van der Waals surface area (Å²) in [5.74, 6) is -0.810. The van der Waals surface area contributed by atoms with Crippen LogP contribution in [-0.2, 0) is 20.7 Å². The molecule has 0 heterocycles. The molecule has 0 aliphatic rings. The first kappa shape index (κ1) is 24.3. The molecule has 10 heteroatoms. The summed E-state index contributed by atoms with van der Waals surface area (Å²) < 4.78 is 10.8. The number of carbonyl (C=O) groups is 3. The van der Waals surface area contributed by atoms with Crippen LogP contribution in [0.25, 0.3) is 0 Å². The molecule has 0 atom stereocenters. The van der Waals surface area contributed by atoms with Gasteiger partial charge >= 0.3 is 5.97 Å². The van der Waals surface area contributed by atoms with Crippen molar-refractivity contribution in [3.05, 3.63) is 64.1 Å². The van der Waals surface area contributed by atoms with Gasteiger partial charge in [-0.2, -0.15) is 0 Å². The largest absolute Gasteiger partial charge is 0.496 e. The molecule has 0 aliphatic carbocycles. The third-order valence-corrected chi connectivity index (χ3v) is 4.83. The molecule has 0 aliphatic heterocycles. The molecular formula is C21H22BrN3O5S. The average Bonchev–Trinajstić information content (AvgIpc) is 2.76. The fourth-order valence-corrected chi connectivity index (χ4v) is 3.13. The van der Waals surface area contributed by atoms with E-state index in [2.05, 4.69) is 32.1 Å². The van der Waals surface area contributed by atoms with Gasteiger partial charge in [0.1, 0.15) is 5.75 Å². The van der Waals surface area contributed by atoms with Gasteiger partial charge in [0, 0.05) is 18.4 Å². The van der Waals surface area contributed by atoms with Crippen LogP contribution in [0.5, 0.6) is 5.75 Å². The summed E-state index contributed by atoms with van der Waals surface area (Å²) in [6.07, 6.45) is 0.443. The number of rotatable bonds is 8. The van der Waals surface area contributed by atoms with E-state index in [-0.39, 0.29) is 24.6 Å². The lowest BCUT2D eigenvalue weighted by molar-refractivity contribution is -0.144. The Hall–Kier alpha value is -2.98. The van der Waals surface area contributed by atoms with Crippen LogP contribution in [0.15, 0.2) is 53.0 Å². The molecule has 0 unspecified atom stereocenters. The van der Waals surface area contributed by atoms with Crippen molar-refractivity contribution in [3.63, 3.8) is 0 Å². The van der Waals surface area contributed by atoms with Gasteiger partial charge in [-0.15, -0.1) is 0 Å². The zero-order chi connectivity index (χ0) is 22.6. The van der Waals surface area contributed by atoms with E-state index >= 15 is 0 Å². The van der Waals surface area contributed by atoms with Gasteiger partial charge in [-0.3, -0.25) is 25.2 Å². The molecule has 2 aromatic rings. The smallest absolute Gasteiger partial charge is 0.306 e. The number of hydrogen-bond acceptors (Lipinski definition) is 6. The van der Waals surface area contributed by atoms with Crippen molar-refractivity contribution in [3.8, 4) is 5.75 Å². The van der Waals surface area contributed by atoms with Crippen molar-refractivity contribution >= 4 is 51.0 Å². The van der Waals surface area contributed by atoms with Gasteiger partial charge in [-0.25, -0.2) is 0 Å². The Morgan fingerprint density at radius 3 is 2.45 bits per heavy atom. The standard InChI is InChI=1S/C21H22BrN3O5S/c1-29-17-8-7-15(13-16(17)22)20(28)24-25-21(31)23-18(26)9-10-19(27)30-12-11-14-5-3-2-4-6-14/h2-8,13H,9-12H2,1H3,(H,24,28)(H2,23,25,26,31). The number of benzene rings is 2. The number of methoxy groups -OCH3 is 1. The van der Waals surface area contributed by atoms with Crippen LogP contribution >= 0.6 is 28.1 Å². The Kier molecular flexibility index (Phi) is 9.92. The molecule has 0 aromatic heterocycles. The second kappa shape index (κ2) is 12.7. The van der Waals surface area contributed by atoms with Crippen molar-refractivity contribution in [2.45, 2.75) is 19.3 Å². The Balaban J connectivity index is 1.64. The molecule has 0 saturated heterocycles. The van der Waals surface area contributed by atoms with E-state index in [9.17, 15) is 14.4 Å². The molecular weight excluding hydrogens is 486 g/mol. The average molecular weight is 508 g/mol. The van der Waals surface area contributed by atoms with Crippen LogP contribution < -0.4 is 20.9 Å². The van der Waals surface area contributed by atoms with Gasteiger partial charge in [-0.05, 0) is 51.9 Å². The third-order valence-electron chi connectivity index (χ3n) is 4.01. The molecule has 0 spiro atoms. The first-order chi connectivity index (χ1) is 14.9. The highest BCUT2D eigenvalue weighted by molar-refractivity contribution is 9.10. The molecule has 164 valence electrons. The van der Waals surface area contributed by atoms with Gasteiger partial charge in [-0.1, -0.05) is 30.3 Å². The summed E-state index contributed by atoms with van der Waals surface area (Å²) in [7, 11) is 1.52. The van der Waals surface area contributed by atoms with Gasteiger partial charge in [0.15, 0.2) is 5.11 Å². The SMILES string of the molecule is COc1ccc(C(=O)NNC(=S)NC(=O)CCC(=O)OCCc2ccccc2)cc1Br. The first-order valence-electron chi connectivity index (χ1n) is 9.32. The molecule has 31 heavy (non-hydrogen) atoms. The number of esters is 1. The highest BCUT2D eigenvalue weighted by Crippen LogP contribution is 2.25. The quantitative estimate of drug-likeness (QED) is 0.286. The lowest BCUT2D eigenvalue weighted by Gasteiger charge is -2.11. The van der Waals surface area contributed by atoms with Crippen molar-refractivity contribution < 1.29 is 23.9 Å². The molecule has 8 nitrogen and oxygen atoms in total. The van der Waals surface area contributed by atoms with Crippen molar-refractivity contribution in [1.29, 1.82) is 0 Å². The van der Waals surface area contributed by atoms with E-state index in [0.717, 1.165) is 5.56 Å². The normalized spacial score (nSPS) is 10.0. The van der Waals surface area contributed by atoms with Crippen LogP contribution in [0.2, 0.25) is 0 Å². The second-order valence-corrected chi connectivity index (χ2v) is 7.52. The van der Waals surface area contributed by atoms with Crippen LogP contribution in [0.4, 0.5) is 0 Å². The van der Waals surface area contributed by atoms with E-state index in [1.54, 1.807) is 18.2 Å². The summed E-state index contributed by atoms with van der Waals surface area (Å²) >= 11 is 8.26. The highest BCUT2D eigenvalue weighted by atomic mass is 79.9. The molecule has 3 N–H and O–H groups in total. The number of nitrogens with one attached hydrogen (secondary N) is 3. The van der Waals surface area contributed by atoms with Gasteiger partial charge in [0.05, 0.1) is 24.6 Å². The number of amides is 2. The van der Waals surface area contributed by atoms with Crippen LogP contribution in [0.3, 0.4) is 0 Å². The number of thiocarbonyl (C=S) groups is 1. The number of hydrogen-bond donors (Lipinski definition) is 3. The highest BCUT2D eigenvalue weighted by Gasteiger charge is 2.12. The maximum Gasteiger partial charge on any atom is 0.306 e. The topological polar surface area (TPSA) is 106 Å². The van der Waals surface area contributed by atoms with Gasteiger partial charge in [0.25, 0.3) is 5.91 Å². The second-order valence-electron chi connectivity index (χ2n) is 6.26. The van der Waals surface area contributed by atoms with Crippen molar-refractivity contribution in [2.75, 3.05) is 13.7 Å². The maximum atomic E-state index is 12.1. The fourth-order valence-electron chi connectivity index (χ4n) is 2.43. The van der Waals surface area contributed by atoms with E-state index in [0.29, 0.717) is 22.2 Å². The van der Waals surface area contributed by atoms with Gasteiger partial charge < -0.3 is 14.8 Å². The molecule has 0 bridgehead atoms. The summed E-state index contributed by atoms with van der Waals surface area (Å²) in [5, 5.41) is 2.29. The maximum absolute atomic E-state index is 12.1. The predicted molar refractivity (Wildman–Crippen MR) is 122 cm³/mol. The van der Waals surface area contributed by atoms with E-state index in [4.69, 9.17) is 21.7 Å². The molecule has 2 rings (SSSR count). The minimum atomic E-state index is -0.473. The molecule has 0 fully saturated rings. The summed E-state index contributed by atoms with van der Waals surface area (Å²) in [5.41, 5.74) is 6.23. The van der Waals surface area contributed by atoms with Gasteiger partial charge in [0.2, 0.25) is 5.91 Å². The van der Waals surface area contributed by atoms with Crippen LogP contribution in [-0.4, -0.2) is 36.6 Å². The molecule has 0 radical (unpaired) electrons. The van der Waals surface area contributed by atoms with Crippen molar-refractivity contribution in [2.24, 2.45) is 0 Å². The van der Waals surface area contributed by atoms with Crippen LogP contribution in [0, 0.1) is 0 Å². The molecule has 0 saturated carbocycles. The van der Waals surface area contributed by atoms with E-state index in [1.807, 2.05) is 30.3 Å². The minimum absolute atomic E-state index is 0.0739. The number of hydrazine groups is 1. The third kappa shape index (κ3) is 8.73. The Bertz CT molecular complexity index is 940. The number of ether oxygens (including phenoxy) is 2. The lowest BCUT2D eigenvalue weighted by atomic mass is 10.2. The summed E-state index contributed by atoms with van der Waals surface area (Å²) in [6, 6.07) is 14.4. The number of carbonyl (C=O) groups excluding carboxylic acids is 3. The molecule has 2 aromatic carbocycles. The monoisotopic (exact) mass is 507 g/mol. The molecule has 2 amide bonds. The predicted octanol–water partition coefficient (Wildman–Crippen LogP) is 2.66. The zero-order valence-corrected chi connectivity index (χ0v) is 19.2. The Morgan fingerprint density at radius 2 is 1.77 bits per heavy atom. The lowest BCUT2D eigenvalue weighted by Crippen LogP contribution is -2.48. The number of halogens is 1. The summed E-state index contributed by atoms with van der Waals surface area (Å²) in [6.45, 7) is 0.248. The summed E-state index contributed by atoms with van der Waals surface area (Å²) in [4.78, 5) is 35.8. The minimum Gasteiger partial charge on any atom is -0.496 e. The van der Waals surface area contributed by atoms with Crippen molar-refractivity contribution in [1.82, 2.24) is 16.2 Å².